The molecular weight excluding hydrogens is 360 g/mol. The zero-order valence-corrected chi connectivity index (χ0v) is 18.2. The summed E-state index contributed by atoms with van der Waals surface area (Å²) in [5.41, 5.74) is 2.54. The van der Waals surface area contributed by atoms with E-state index in [1.807, 2.05) is 26.4 Å². The van der Waals surface area contributed by atoms with E-state index in [0.29, 0.717) is 0 Å². The average Bonchev–Trinajstić information content (AvgIpc) is 3.13. The Morgan fingerprint density at radius 1 is 1.21 bits per heavy atom. The van der Waals surface area contributed by atoms with E-state index in [1.165, 1.54) is 43.6 Å². The molecule has 2 heterocycles. The summed E-state index contributed by atoms with van der Waals surface area (Å²) in [4.78, 5) is 11.2. The van der Waals surface area contributed by atoms with Gasteiger partial charge < -0.3 is 20.1 Å². The highest BCUT2D eigenvalue weighted by Gasteiger charge is 2.14. The Kier molecular flexibility index (Phi) is 8.11. The average molecular weight is 397 g/mol. The number of nitrogens with one attached hydrogen (secondary N) is 2. The number of aryl methyl sites for hydroxylation is 1. The molecule has 158 valence electrons. The van der Waals surface area contributed by atoms with Crippen LogP contribution in [0.5, 0.6) is 0 Å². The Labute approximate surface area is 175 Å². The molecule has 2 aromatic rings. The highest BCUT2D eigenvalue weighted by molar-refractivity contribution is 5.79. The van der Waals surface area contributed by atoms with Crippen molar-refractivity contribution in [3.05, 3.63) is 53.6 Å². The Morgan fingerprint density at radius 3 is 2.72 bits per heavy atom. The minimum atomic E-state index is 0.764. The summed E-state index contributed by atoms with van der Waals surface area (Å²) in [6, 6.07) is 8.69. The van der Waals surface area contributed by atoms with Gasteiger partial charge in [0, 0.05) is 39.1 Å². The Morgan fingerprint density at radius 2 is 2.00 bits per heavy atom. The zero-order valence-electron chi connectivity index (χ0n) is 18.2. The van der Waals surface area contributed by atoms with Crippen molar-refractivity contribution < 1.29 is 0 Å². The number of hydrogen-bond acceptors (Lipinski definition) is 3. The van der Waals surface area contributed by atoms with Crippen LogP contribution in [0.4, 0.5) is 0 Å². The summed E-state index contributed by atoms with van der Waals surface area (Å²) in [6.07, 6.45) is 7.71. The second kappa shape index (κ2) is 11.0. The van der Waals surface area contributed by atoms with E-state index < -0.39 is 0 Å². The van der Waals surface area contributed by atoms with Crippen molar-refractivity contribution >= 4 is 5.96 Å². The number of guanidine groups is 1. The van der Waals surface area contributed by atoms with E-state index in [9.17, 15) is 0 Å². The van der Waals surface area contributed by atoms with Gasteiger partial charge in [0.25, 0.3) is 0 Å². The van der Waals surface area contributed by atoms with Crippen molar-refractivity contribution in [1.29, 1.82) is 0 Å². The van der Waals surface area contributed by atoms with Gasteiger partial charge in [-0.3, -0.25) is 4.99 Å². The van der Waals surface area contributed by atoms with Gasteiger partial charge in [0.2, 0.25) is 0 Å². The molecule has 29 heavy (non-hydrogen) atoms. The first-order valence-corrected chi connectivity index (χ1v) is 10.9. The van der Waals surface area contributed by atoms with Gasteiger partial charge in [-0.2, -0.15) is 0 Å². The number of hydrogen-bond donors (Lipinski definition) is 2. The Hall–Kier alpha value is -2.34. The fourth-order valence-corrected chi connectivity index (χ4v) is 3.81. The van der Waals surface area contributed by atoms with E-state index in [1.54, 1.807) is 0 Å². The molecule has 0 saturated carbocycles. The lowest BCUT2D eigenvalue weighted by Crippen LogP contribution is -2.39. The Balaban J connectivity index is 1.39. The molecule has 1 aliphatic rings. The number of rotatable bonds is 8. The molecule has 6 nitrogen and oxygen atoms in total. The zero-order chi connectivity index (χ0) is 20.5. The summed E-state index contributed by atoms with van der Waals surface area (Å²) < 4.78 is 2.16. The molecule has 1 aliphatic heterocycles. The molecule has 3 rings (SSSR count). The smallest absolute Gasteiger partial charge is 0.191 e. The fourth-order valence-electron chi connectivity index (χ4n) is 3.81. The molecule has 0 amide bonds. The maximum absolute atomic E-state index is 4.36. The molecule has 1 fully saturated rings. The van der Waals surface area contributed by atoms with E-state index in [2.05, 4.69) is 61.3 Å². The predicted octanol–water partition coefficient (Wildman–Crippen LogP) is 3.03. The third-order valence-corrected chi connectivity index (χ3v) is 5.77. The van der Waals surface area contributed by atoms with Crippen LogP contribution in [0.25, 0.3) is 0 Å². The normalized spacial score (nSPS) is 16.2. The third-order valence-electron chi connectivity index (χ3n) is 5.77. The molecule has 0 aliphatic carbocycles. The van der Waals surface area contributed by atoms with Gasteiger partial charge in [-0.15, -0.1) is 0 Å². The maximum atomic E-state index is 4.36. The summed E-state index contributed by atoms with van der Waals surface area (Å²) >= 11 is 0. The van der Waals surface area contributed by atoms with Crippen molar-refractivity contribution in [2.45, 2.75) is 46.2 Å². The lowest BCUT2D eigenvalue weighted by Gasteiger charge is -2.30. The van der Waals surface area contributed by atoms with Crippen molar-refractivity contribution in [2.75, 3.05) is 33.2 Å². The predicted molar refractivity (Wildman–Crippen MR) is 120 cm³/mol. The largest absolute Gasteiger partial charge is 0.356 e. The van der Waals surface area contributed by atoms with Crippen molar-refractivity contribution in [3.63, 3.8) is 0 Å². The number of piperidine rings is 1. The van der Waals surface area contributed by atoms with Crippen LogP contribution in [-0.2, 0) is 13.1 Å². The lowest BCUT2D eigenvalue weighted by atomic mass is 9.99. The van der Waals surface area contributed by atoms with Crippen LogP contribution in [-0.4, -0.2) is 53.6 Å². The fraction of sp³-hybridized carbons (Fsp3) is 0.565. The summed E-state index contributed by atoms with van der Waals surface area (Å²) in [7, 11) is 1.83. The summed E-state index contributed by atoms with van der Waals surface area (Å²) in [5.74, 6) is 2.81. The number of likely N-dealkylation sites (tertiary alicyclic amines) is 1. The molecule has 0 spiro atoms. The number of nitrogens with zero attached hydrogens (tertiary/aromatic N) is 4. The van der Waals surface area contributed by atoms with Crippen LogP contribution in [0.3, 0.4) is 0 Å². The standard InChI is InChI=1S/C23H36N6/c1-19-8-13-28(14-9-19)12-5-10-26-23(24-3)27-17-21-6-4-7-22(16-21)18-29-15-11-25-20(29)2/h4,6-7,11,15-16,19H,5,8-10,12-14,17-18H2,1-3H3,(H2,24,26,27). The topological polar surface area (TPSA) is 57.5 Å². The minimum absolute atomic E-state index is 0.764. The van der Waals surface area contributed by atoms with Crippen molar-refractivity contribution in [1.82, 2.24) is 25.1 Å². The molecule has 0 radical (unpaired) electrons. The SMILES string of the molecule is CN=C(NCCCN1CCC(C)CC1)NCc1cccc(Cn2ccnc2C)c1. The molecule has 1 aromatic carbocycles. The van der Waals surface area contributed by atoms with E-state index >= 15 is 0 Å². The van der Waals surface area contributed by atoms with Crippen molar-refractivity contribution in [2.24, 2.45) is 10.9 Å². The first-order chi connectivity index (χ1) is 14.1. The van der Waals surface area contributed by atoms with Crippen LogP contribution in [0.2, 0.25) is 0 Å². The number of aliphatic imine (C=N–C) groups is 1. The molecule has 0 bridgehead atoms. The lowest BCUT2D eigenvalue weighted by molar-refractivity contribution is 0.191. The third kappa shape index (κ3) is 6.89. The monoisotopic (exact) mass is 396 g/mol. The highest BCUT2D eigenvalue weighted by Crippen LogP contribution is 2.15. The summed E-state index contributed by atoms with van der Waals surface area (Å²) in [5, 5.41) is 6.88. The van der Waals surface area contributed by atoms with Crippen LogP contribution in [0.1, 0.15) is 43.1 Å². The summed E-state index contributed by atoms with van der Waals surface area (Å²) in [6.45, 7) is 10.6. The number of aromatic nitrogens is 2. The van der Waals surface area contributed by atoms with Gasteiger partial charge >= 0.3 is 0 Å². The minimum Gasteiger partial charge on any atom is -0.356 e. The molecule has 1 aromatic heterocycles. The Bertz CT molecular complexity index is 773. The number of imidazole rings is 1. The molecule has 0 unspecified atom stereocenters. The van der Waals surface area contributed by atoms with Crippen LogP contribution >= 0.6 is 0 Å². The first kappa shape index (κ1) is 21.4. The molecule has 0 atom stereocenters. The van der Waals surface area contributed by atoms with Gasteiger partial charge in [0.05, 0.1) is 0 Å². The molecule has 6 heteroatoms. The second-order valence-electron chi connectivity index (χ2n) is 8.15. The first-order valence-electron chi connectivity index (χ1n) is 10.9. The second-order valence-corrected chi connectivity index (χ2v) is 8.15. The van der Waals surface area contributed by atoms with E-state index in [4.69, 9.17) is 0 Å². The van der Waals surface area contributed by atoms with Crippen LogP contribution in [0.15, 0.2) is 41.7 Å². The van der Waals surface area contributed by atoms with E-state index in [0.717, 1.165) is 43.8 Å². The van der Waals surface area contributed by atoms with Gasteiger partial charge in [-0.1, -0.05) is 31.2 Å². The van der Waals surface area contributed by atoms with Gasteiger partial charge in [-0.25, -0.2) is 4.98 Å². The van der Waals surface area contributed by atoms with E-state index in [-0.39, 0.29) is 0 Å². The van der Waals surface area contributed by atoms with Gasteiger partial charge in [0.1, 0.15) is 5.82 Å². The maximum Gasteiger partial charge on any atom is 0.191 e. The van der Waals surface area contributed by atoms with Gasteiger partial charge in [0.15, 0.2) is 5.96 Å². The molecular formula is C23H36N6. The van der Waals surface area contributed by atoms with Crippen molar-refractivity contribution in [3.8, 4) is 0 Å². The van der Waals surface area contributed by atoms with Gasteiger partial charge in [-0.05, 0) is 62.9 Å². The molecule has 1 saturated heterocycles. The van der Waals surface area contributed by atoms with Crippen LogP contribution in [0, 0.1) is 12.8 Å². The number of benzene rings is 1. The van der Waals surface area contributed by atoms with Crippen LogP contribution < -0.4 is 10.6 Å². The highest BCUT2D eigenvalue weighted by atomic mass is 15.2. The quantitative estimate of drug-likeness (QED) is 0.409. The molecule has 2 N–H and O–H groups in total.